The third-order valence-corrected chi connectivity index (χ3v) is 3.64. The Morgan fingerprint density at radius 3 is 2.69 bits per heavy atom. The van der Waals surface area contributed by atoms with Crippen molar-refractivity contribution in [2.24, 2.45) is 11.8 Å². The molecule has 0 amide bonds. The fraction of sp³-hybridized carbons (Fsp3) is 0.667. The van der Waals surface area contributed by atoms with Crippen molar-refractivity contribution in [2.75, 3.05) is 13.1 Å². The molecule has 1 saturated heterocycles. The minimum Gasteiger partial charge on any atom is -0.377 e. The van der Waals surface area contributed by atoms with E-state index in [4.69, 9.17) is 0 Å². The molecule has 3 rings (SSSR count). The highest BCUT2D eigenvalue weighted by Gasteiger charge is 2.31. The van der Waals surface area contributed by atoms with E-state index in [1.165, 1.54) is 38.8 Å². The van der Waals surface area contributed by atoms with Crippen LogP contribution in [0.1, 0.15) is 25.7 Å². The summed E-state index contributed by atoms with van der Waals surface area (Å²) in [6.07, 6.45) is 12.8. The summed E-state index contributed by atoms with van der Waals surface area (Å²) in [5.41, 5.74) is 1.70. The van der Waals surface area contributed by atoms with Gasteiger partial charge in [0, 0.05) is 19.0 Å². The number of hydrogen-bond acceptors (Lipinski definition) is 1. The topological polar surface area (TPSA) is 3.24 Å². The highest BCUT2D eigenvalue weighted by atomic mass is 15.1. The molecule has 0 aromatic rings. The minimum absolute atomic E-state index is 0.811. The standard InChI is InChI=1S/C12H17N/c1-2-6-13(5-1)9-12-8-10-3-4-11(12)7-10/h3-4,9-11H,1-2,5-8H2. The first-order valence-corrected chi connectivity index (χ1v) is 5.55. The Kier molecular flexibility index (Phi) is 1.71. The Morgan fingerprint density at radius 2 is 2.08 bits per heavy atom. The smallest absolute Gasteiger partial charge is 0.0173 e. The van der Waals surface area contributed by atoms with E-state index in [0.717, 1.165) is 11.8 Å². The fourth-order valence-electron chi connectivity index (χ4n) is 2.91. The molecule has 1 heteroatoms. The fourth-order valence-corrected chi connectivity index (χ4v) is 2.91. The number of likely N-dealkylation sites (tertiary alicyclic amines) is 1. The van der Waals surface area contributed by atoms with Crippen molar-refractivity contribution in [3.8, 4) is 0 Å². The molecule has 2 aliphatic carbocycles. The molecule has 0 aromatic carbocycles. The van der Waals surface area contributed by atoms with Crippen molar-refractivity contribution in [1.29, 1.82) is 0 Å². The molecule has 1 aliphatic heterocycles. The van der Waals surface area contributed by atoms with Crippen LogP contribution in [0.5, 0.6) is 0 Å². The van der Waals surface area contributed by atoms with E-state index in [-0.39, 0.29) is 0 Å². The second-order valence-corrected chi connectivity index (χ2v) is 4.64. The SMILES string of the molecule is C1=CC2CC1CC2=CN1CCCC1. The first-order valence-electron chi connectivity index (χ1n) is 5.55. The molecule has 2 unspecified atom stereocenters. The van der Waals surface area contributed by atoms with E-state index in [1.807, 2.05) is 0 Å². The Morgan fingerprint density at radius 1 is 1.23 bits per heavy atom. The van der Waals surface area contributed by atoms with Gasteiger partial charge in [-0.1, -0.05) is 12.2 Å². The van der Waals surface area contributed by atoms with Gasteiger partial charge in [0.25, 0.3) is 0 Å². The van der Waals surface area contributed by atoms with Gasteiger partial charge in [0.2, 0.25) is 0 Å². The van der Waals surface area contributed by atoms with Crippen LogP contribution in [0.4, 0.5) is 0 Å². The second-order valence-electron chi connectivity index (χ2n) is 4.64. The van der Waals surface area contributed by atoms with Crippen LogP contribution in [0.15, 0.2) is 23.9 Å². The Labute approximate surface area is 80.1 Å². The van der Waals surface area contributed by atoms with Crippen LogP contribution in [-0.2, 0) is 0 Å². The molecular formula is C12H17N. The molecule has 0 spiro atoms. The highest BCUT2D eigenvalue weighted by Crippen LogP contribution is 2.43. The number of hydrogen-bond donors (Lipinski definition) is 0. The average Bonchev–Trinajstić information content (AvgIpc) is 2.77. The predicted molar refractivity (Wildman–Crippen MR) is 54.2 cm³/mol. The van der Waals surface area contributed by atoms with Gasteiger partial charge >= 0.3 is 0 Å². The van der Waals surface area contributed by atoms with Gasteiger partial charge < -0.3 is 4.90 Å². The lowest BCUT2D eigenvalue weighted by atomic mass is 10.0. The lowest BCUT2D eigenvalue weighted by Crippen LogP contribution is -2.12. The largest absolute Gasteiger partial charge is 0.377 e. The van der Waals surface area contributed by atoms with Gasteiger partial charge in [-0.05, 0) is 43.4 Å². The third kappa shape index (κ3) is 1.31. The maximum atomic E-state index is 2.52. The number of fused-ring (bicyclic) bond motifs is 2. The zero-order valence-electron chi connectivity index (χ0n) is 8.08. The summed E-state index contributed by atoms with van der Waals surface area (Å²) in [4.78, 5) is 2.52. The predicted octanol–water partition coefficient (Wildman–Crippen LogP) is 2.56. The molecule has 3 aliphatic rings. The van der Waals surface area contributed by atoms with Gasteiger partial charge in [-0.2, -0.15) is 0 Å². The molecule has 2 fully saturated rings. The van der Waals surface area contributed by atoms with E-state index in [1.54, 1.807) is 5.57 Å². The quantitative estimate of drug-likeness (QED) is 0.554. The number of rotatable bonds is 1. The molecule has 2 atom stereocenters. The summed E-state index contributed by atoms with van der Waals surface area (Å²) >= 11 is 0. The van der Waals surface area contributed by atoms with Crippen LogP contribution in [0, 0.1) is 11.8 Å². The lowest BCUT2D eigenvalue weighted by Gasteiger charge is -2.16. The van der Waals surface area contributed by atoms with E-state index in [9.17, 15) is 0 Å². The van der Waals surface area contributed by atoms with Gasteiger partial charge in [0.15, 0.2) is 0 Å². The molecule has 1 saturated carbocycles. The molecule has 70 valence electrons. The first-order chi connectivity index (χ1) is 6.42. The maximum Gasteiger partial charge on any atom is 0.0173 e. The Balaban J connectivity index is 1.74. The molecule has 1 nitrogen and oxygen atoms in total. The van der Waals surface area contributed by atoms with Crippen molar-refractivity contribution >= 4 is 0 Å². The van der Waals surface area contributed by atoms with Gasteiger partial charge in [0.1, 0.15) is 0 Å². The van der Waals surface area contributed by atoms with Gasteiger partial charge in [-0.15, -0.1) is 0 Å². The molecule has 0 aromatic heterocycles. The van der Waals surface area contributed by atoms with E-state index < -0.39 is 0 Å². The molecule has 0 radical (unpaired) electrons. The van der Waals surface area contributed by atoms with Crippen LogP contribution in [0.2, 0.25) is 0 Å². The van der Waals surface area contributed by atoms with E-state index in [0.29, 0.717) is 0 Å². The summed E-state index contributed by atoms with van der Waals surface area (Å²) in [6.45, 7) is 2.59. The van der Waals surface area contributed by atoms with E-state index >= 15 is 0 Å². The number of nitrogens with zero attached hydrogens (tertiary/aromatic N) is 1. The van der Waals surface area contributed by atoms with Gasteiger partial charge in [-0.25, -0.2) is 0 Å². The Bertz CT molecular complexity index is 258. The van der Waals surface area contributed by atoms with Crippen molar-refractivity contribution in [1.82, 2.24) is 4.90 Å². The molecule has 0 N–H and O–H groups in total. The summed E-state index contributed by atoms with van der Waals surface area (Å²) in [6, 6.07) is 0. The van der Waals surface area contributed by atoms with Crippen molar-refractivity contribution < 1.29 is 0 Å². The van der Waals surface area contributed by atoms with Gasteiger partial charge in [0.05, 0.1) is 0 Å². The zero-order chi connectivity index (χ0) is 8.67. The van der Waals surface area contributed by atoms with Crippen LogP contribution >= 0.6 is 0 Å². The summed E-state index contributed by atoms with van der Waals surface area (Å²) < 4.78 is 0. The van der Waals surface area contributed by atoms with Crippen molar-refractivity contribution in [2.45, 2.75) is 25.7 Å². The molecule has 1 heterocycles. The lowest BCUT2D eigenvalue weighted by molar-refractivity contribution is 0.459. The van der Waals surface area contributed by atoms with Crippen LogP contribution in [0.3, 0.4) is 0 Å². The number of allylic oxidation sites excluding steroid dienone is 3. The summed E-state index contributed by atoms with van der Waals surface area (Å²) in [7, 11) is 0. The van der Waals surface area contributed by atoms with Crippen molar-refractivity contribution in [3.63, 3.8) is 0 Å². The minimum atomic E-state index is 0.811. The normalized spacial score (nSPS) is 39.7. The maximum absolute atomic E-state index is 2.52. The van der Waals surface area contributed by atoms with Crippen LogP contribution < -0.4 is 0 Å². The molecule has 2 bridgehead atoms. The summed E-state index contributed by atoms with van der Waals surface area (Å²) in [5.74, 6) is 1.70. The molecule has 13 heavy (non-hydrogen) atoms. The molecular weight excluding hydrogens is 158 g/mol. The average molecular weight is 175 g/mol. The Hall–Kier alpha value is -0.720. The third-order valence-electron chi connectivity index (χ3n) is 3.64. The van der Waals surface area contributed by atoms with Crippen LogP contribution in [-0.4, -0.2) is 18.0 Å². The second kappa shape index (κ2) is 2.90. The van der Waals surface area contributed by atoms with Gasteiger partial charge in [-0.3, -0.25) is 0 Å². The van der Waals surface area contributed by atoms with Crippen LogP contribution in [0.25, 0.3) is 0 Å². The highest BCUT2D eigenvalue weighted by molar-refractivity contribution is 5.26. The summed E-state index contributed by atoms with van der Waals surface area (Å²) in [5, 5.41) is 0. The van der Waals surface area contributed by atoms with Crippen molar-refractivity contribution in [3.05, 3.63) is 23.9 Å². The van der Waals surface area contributed by atoms with E-state index in [2.05, 4.69) is 23.3 Å². The monoisotopic (exact) mass is 175 g/mol. The first kappa shape index (κ1) is 7.66. The zero-order valence-corrected chi connectivity index (χ0v) is 8.08.